The first-order valence-electron chi connectivity index (χ1n) is 7.32. The van der Waals surface area contributed by atoms with Gasteiger partial charge in [0.15, 0.2) is 0 Å². The topological polar surface area (TPSA) is 54.5 Å². The highest BCUT2D eigenvalue weighted by molar-refractivity contribution is 5.89. The SMILES string of the molecule is O=C(Nc1ccc(F)cc1)N1CC(Oc2ccc(C(F)(F)F)cn2)C1. The van der Waals surface area contributed by atoms with Crippen LogP contribution in [0.4, 0.5) is 28.0 Å². The number of urea groups is 1. The standard InChI is InChI=1S/C16H13F4N3O2/c17-11-2-4-12(5-3-11)22-15(24)23-8-13(9-23)25-14-6-1-10(7-21-14)16(18,19)20/h1-7,13H,8-9H2,(H,22,24). The molecule has 1 aromatic carbocycles. The summed E-state index contributed by atoms with van der Waals surface area (Å²) in [4.78, 5) is 17.0. The van der Waals surface area contributed by atoms with Gasteiger partial charge in [0.25, 0.3) is 0 Å². The van der Waals surface area contributed by atoms with Crippen molar-refractivity contribution in [3.05, 3.63) is 54.0 Å². The monoisotopic (exact) mass is 355 g/mol. The Morgan fingerprint density at radius 2 is 1.84 bits per heavy atom. The van der Waals surface area contributed by atoms with Crippen molar-refractivity contribution in [1.82, 2.24) is 9.88 Å². The fraction of sp³-hybridized carbons (Fsp3) is 0.250. The number of amides is 2. The minimum atomic E-state index is -4.45. The molecule has 2 amide bonds. The lowest BCUT2D eigenvalue weighted by Crippen LogP contribution is -2.57. The van der Waals surface area contributed by atoms with E-state index in [1.54, 1.807) is 0 Å². The van der Waals surface area contributed by atoms with Gasteiger partial charge >= 0.3 is 12.2 Å². The van der Waals surface area contributed by atoms with E-state index in [1.165, 1.54) is 29.2 Å². The normalized spacial score (nSPS) is 14.8. The predicted molar refractivity (Wildman–Crippen MR) is 80.6 cm³/mol. The number of nitrogens with one attached hydrogen (secondary N) is 1. The van der Waals surface area contributed by atoms with E-state index < -0.39 is 17.6 Å². The number of carbonyl (C=O) groups excluding carboxylic acids is 1. The Kier molecular flexibility index (Phi) is 4.47. The number of likely N-dealkylation sites (tertiary alicyclic amines) is 1. The van der Waals surface area contributed by atoms with Gasteiger partial charge in [0, 0.05) is 18.0 Å². The van der Waals surface area contributed by atoms with Gasteiger partial charge in [-0.25, -0.2) is 14.2 Å². The molecule has 1 aliphatic heterocycles. The minimum Gasteiger partial charge on any atom is -0.471 e. The first-order chi connectivity index (χ1) is 11.8. The van der Waals surface area contributed by atoms with Crippen molar-refractivity contribution in [2.75, 3.05) is 18.4 Å². The van der Waals surface area contributed by atoms with E-state index in [-0.39, 0.29) is 31.1 Å². The molecule has 2 heterocycles. The number of halogens is 4. The number of pyridine rings is 1. The third-order valence-electron chi connectivity index (χ3n) is 3.58. The zero-order valence-electron chi connectivity index (χ0n) is 12.8. The molecule has 25 heavy (non-hydrogen) atoms. The lowest BCUT2D eigenvalue weighted by molar-refractivity contribution is -0.137. The van der Waals surface area contributed by atoms with Crippen LogP contribution < -0.4 is 10.1 Å². The highest BCUT2D eigenvalue weighted by Gasteiger charge is 2.33. The average molecular weight is 355 g/mol. The maximum absolute atomic E-state index is 12.8. The third-order valence-corrected chi connectivity index (χ3v) is 3.58. The number of alkyl halides is 3. The molecule has 0 radical (unpaired) electrons. The summed E-state index contributed by atoms with van der Waals surface area (Å²) in [6.45, 7) is 0.547. The van der Waals surface area contributed by atoms with Crippen LogP contribution in [0.25, 0.3) is 0 Å². The van der Waals surface area contributed by atoms with Gasteiger partial charge in [-0.1, -0.05) is 0 Å². The maximum Gasteiger partial charge on any atom is 0.417 e. The quantitative estimate of drug-likeness (QED) is 0.857. The van der Waals surface area contributed by atoms with Gasteiger partial charge in [0.2, 0.25) is 5.88 Å². The molecule has 1 N–H and O–H groups in total. The lowest BCUT2D eigenvalue weighted by atomic mass is 10.2. The van der Waals surface area contributed by atoms with Crippen LogP contribution in [0, 0.1) is 5.82 Å². The van der Waals surface area contributed by atoms with Crippen LogP contribution in [0.15, 0.2) is 42.6 Å². The highest BCUT2D eigenvalue weighted by atomic mass is 19.4. The summed E-state index contributed by atoms with van der Waals surface area (Å²) in [6.07, 6.45) is -4.09. The van der Waals surface area contributed by atoms with Crippen molar-refractivity contribution in [2.45, 2.75) is 12.3 Å². The molecule has 132 valence electrons. The van der Waals surface area contributed by atoms with Crippen molar-refractivity contribution < 1.29 is 27.1 Å². The molecule has 1 aromatic heterocycles. The molecule has 0 atom stereocenters. The van der Waals surface area contributed by atoms with E-state index in [4.69, 9.17) is 4.74 Å². The Labute approximate surface area is 140 Å². The molecule has 9 heteroatoms. The molecular formula is C16H13F4N3O2. The summed E-state index contributed by atoms with van der Waals surface area (Å²) in [5, 5.41) is 2.60. The fourth-order valence-electron chi connectivity index (χ4n) is 2.20. The molecule has 0 saturated carbocycles. The Bertz CT molecular complexity index is 741. The molecule has 1 saturated heterocycles. The molecule has 0 spiro atoms. The summed E-state index contributed by atoms with van der Waals surface area (Å²) in [6, 6.07) is 7.00. The van der Waals surface area contributed by atoms with Crippen molar-refractivity contribution >= 4 is 11.7 Å². The van der Waals surface area contributed by atoms with Gasteiger partial charge in [-0.2, -0.15) is 13.2 Å². The molecule has 0 bridgehead atoms. The third kappa shape index (κ3) is 4.17. The zero-order chi connectivity index (χ0) is 18.0. The molecule has 1 aliphatic rings. The van der Waals surface area contributed by atoms with Crippen molar-refractivity contribution in [1.29, 1.82) is 0 Å². The minimum absolute atomic E-state index is 0.0663. The Hall–Kier alpha value is -2.84. The number of hydrogen-bond acceptors (Lipinski definition) is 3. The van der Waals surface area contributed by atoms with Crippen molar-refractivity contribution in [3.63, 3.8) is 0 Å². The number of rotatable bonds is 3. The van der Waals surface area contributed by atoms with E-state index >= 15 is 0 Å². The van der Waals surface area contributed by atoms with Crippen LogP contribution in [0.5, 0.6) is 5.88 Å². The van der Waals surface area contributed by atoms with E-state index in [9.17, 15) is 22.4 Å². The van der Waals surface area contributed by atoms with Gasteiger partial charge in [-0.3, -0.25) is 0 Å². The summed E-state index contributed by atoms with van der Waals surface area (Å²) < 4.78 is 55.6. The molecule has 5 nitrogen and oxygen atoms in total. The molecule has 0 aliphatic carbocycles. The summed E-state index contributed by atoms with van der Waals surface area (Å²) in [5.74, 6) is -0.337. The second kappa shape index (κ2) is 6.58. The number of anilines is 1. The number of ether oxygens (including phenoxy) is 1. The van der Waals surface area contributed by atoms with E-state index in [0.29, 0.717) is 11.9 Å². The van der Waals surface area contributed by atoms with Gasteiger partial charge in [0.05, 0.1) is 18.7 Å². The molecular weight excluding hydrogens is 342 g/mol. The zero-order valence-corrected chi connectivity index (χ0v) is 12.8. The summed E-state index contributed by atoms with van der Waals surface area (Å²) in [7, 11) is 0. The van der Waals surface area contributed by atoms with Crippen LogP contribution in [-0.2, 0) is 6.18 Å². The van der Waals surface area contributed by atoms with Gasteiger partial charge in [-0.05, 0) is 30.3 Å². The van der Waals surface area contributed by atoms with E-state index in [1.807, 2.05) is 0 Å². The second-order valence-corrected chi connectivity index (χ2v) is 5.46. The largest absolute Gasteiger partial charge is 0.471 e. The number of hydrogen-bond donors (Lipinski definition) is 1. The van der Waals surface area contributed by atoms with Gasteiger partial charge < -0.3 is 15.0 Å². The first-order valence-corrected chi connectivity index (χ1v) is 7.32. The Morgan fingerprint density at radius 1 is 1.16 bits per heavy atom. The second-order valence-electron chi connectivity index (χ2n) is 5.46. The average Bonchev–Trinajstić information content (AvgIpc) is 2.52. The molecule has 3 rings (SSSR count). The number of benzene rings is 1. The van der Waals surface area contributed by atoms with Gasteiger partial charge in [-0.15, -0.1) is 0 Å². The predicted octanol–water partition coefficient (Wildman–Crippen LogP) is 3.53. The van der Waals surface area contributed by atoms with Crippen LogP contribution in [0.3, 0.4) is 0 Å². The van der Waals surface area contributed by atoms with Crippen molar-refractivity contribution in [2.24, 2.45) is 0 Å². The smallest absolute Gasteiger partial charge is 0.417 e. The van der Waals surface area contributed by atoms with Crippen LogP contribution >= 0.6 is 0 Å². The van der Waals surface area contributed by atoms with E-state index in [0.717, 1.165) is 12.1 Å². The Balaban J connectivity index is 1.47. The van der Waals surface area contributed by atoms with Gasteiger partial charge in [0.1, 0.15) is 11.9 Å². The van der Waals surface area contributed by atoms with Crippen LogP contribution in [-0.4, -0.2) is 35.1 Å². The molecule has 1 fully saturated rings. The number of aromatic nitrogens is 1. The Morgan fingerprint density at radius 3 is 2.40 bits per heavy atom. The van der Waals surface area contributed by atoms with Crippen LogP contribution in [0.1, 0.15) is 5.56 Å². The van der Waals surface area contributed by atoms with E-state index in [2.05, 4.69) is 10.3 Å². The fourth-order valence-corrected chi connectivity index (χ4v) is 2.20. The summed E-state index contributed by atoms with van der Waals surface area (Å²) in [5.41, 5.74) is -0.395. The highest BCUT2D eigenvalue weighted by Crippen LogP contribution is 2.29. The molecule has 2 aromatic rings. The number of carbonyl (C=O) groups is 1. The lowest BCUT2D eigenvalue weighted by Gasteiger charge is -2.38. The van der Waals surface area contributed by atoms with Crippen molar-refractivity contribution in [3.8, 4) is 5.88 Å². The first kappa shape index (κ1) is 17.0. The summed E-state index contributed by atoms with van der Waals surface area (Å²) >= 11 is 0. The van der Waals surface area contributed by atoms with Crippen LogP contribution in [0.2, 0.25) is 0 Å². The maximum atomic E-state index is 12.8. The molecule has 0 unspecified atom stereocenters. The number of nitrogens with zero attached hydrogens (tertiary/aromatic N) is 2.